The molecule has 0 saturated heterocycles. The maximum absolute atomic E-state index is 14.8. The Hall–Kier alpha value is -5.06. The predicted molar refractivity (Wildman–Crippen MR) is 154 cm³/mol. The third-order valence-electron chi connectivity index (χ3n) is 5.43. The largest absolute Gasteiger partial charge is 0.462 e. The van der Waals surface area contributed by atoms with Gasteiger partial charge in [-0.3, -0.25) is 0 Å². The molecule has 0 aliphatic rings. The Labute approximate surface area is 248 Å². The van der Waals surface area contributed by atoms with Gasteiger partial charge in [0.15, 0.2) is 11.6 Å². The normalized spacial score (nSPS) is 10.2. The van der Waals surface area contributed by atoms with E-state index in [1.165, 1.54) is 51.1 Å². The average Bonchev–Trinajstić information content (AvgIpc) is 2.96. The minimum Gasteiger partial charge on any atom is -0.462 e. The van der Waals surface area contributed by atoms with E-state index in [2.05, 4.69) is 19.7 Å². The first kappa shape index (κ1) is 34.1. The molecule has 2 aromatic carbocycles. The molecule has 0 unspecified atom stereocenters. The van der Waals surface area contributed by atoms with Gasteiger partial charge in [0, 0.05) is 29.6 Å². The van der Waals surface area contributed by atoms with Crippen molar-refractivity contribution in [3.8, 4) is 16.9 Å². The number of carbonyl (C=O) groups is 5. The monoisotopic (exact) mass is 596 g/mol. The van der Waals surface area contributed by atoms with Gasteiger partial charge in [-0.05, 0) is 62.2 Å². The van der Waals surface area contributed by atoms with Crippen molar-refractivity contribution in [2.75, 3.05) is 26.4 Å². The van der Waals surface area contributed by atoms with Gasteiger partial charge in [-0.1, -0.05) is 25.8 Å². The SMILES string of the molecule is C=C(C)C(=O)OCCCOC(=O)c1cc(C(=O)OCCCOC(=O)C(=C)C)cc(-c2ccc(OC(=O)C(=C)C)c(F)c2)c1. The number of ether oxygens (including phenoxy) is 5. The van der Waals surface area contributed by atoms with Gasteiger partial charge in [0.05, 0.1) is 37.6 Å². The fraction of sp³-hybridized carbons (Fsp3) is 0.281. The van der Waals surface area contributed by atoms with Crippen LogP contribution in [0.3, 0.4) is 0 Å². The maximum Gasteiger partial charge on any atom is 0.338 e. The fourth-order valence-corrected chi connectivity index (χ4v) is 3.17. The Kier molecular flexibility index (Phi) is 13.0. The van der Waals surface area contributed by atoms with E-state index < -0.39 is 35.7 Å². The van der Waals surface area contributed by atoms with Crippen LogP contribution in [0.25, 0.3) is 11.1 Å². The Morgan fingerprint density at radius 1 is 0.605 bits per heavy atom. The van der Waals surface area contributed by atoms with Crippen LogP contribution in [0.15, 0.2) is 72.9 Å². The van der Waals surface area contributed by atoms with Gasteiger partial charge < -0.3 is 23.7 Å². The smallest absolute Gasteiger partial charge is 0.338 e. The summed E-state index contributed by atoms with van der Waals surface area (Å²) in [6.45, 7) is 14.7. The molecule has 0 bridgehead atoms. The molecule has 0 amide bonds. The molecule has 2 rings (SSSR count). The number of rotatable bonds is 15. The first-order chi connectivity index (χ1) is 20.3. The zero-order valence-electron chi connectivity index (χ0n) is 24.3. The van der Waals surface area contributed by atoms with Crippen molar-refractivity contribution < 1.29 is 52.0 Å². The number of benzene rings is 2. The average molecular weight is 597 g/mol. The molecule has 11 heteroatoms. The Morgan fingerprint density at radius 2 is 1.05 bits per heavy atom. The van der Waals surface area contributed by atoms with Gasteiger partial charge in [0.2, 0.25) is 0 Å². The second-order valence-corrected chi connectivity index (χ2v) is 9.43. The van der Waals surface area contributed by atoms with E-state index in [4.69, 9.17) is 23.7 Å². The second kappa shape index (κ2) is 16.4. The van der Waals surface area contributed by atoms with E-state index in [1.54, 1.807) is 0 Å². The first-order valence-corrected chi connectivity index (χ1v) is 13.1. The molecule has 2 aromatic rings. The van der Waals surface area contributed by atoms with Gasteiger partial charge in [-0.2, -0.15) is 0 Å². The van der Waals surface area contributed by atoms with Crippen molar-refractivity contribution in [1.29, 1.82) is 0 Å². The molecule has 0 aliphatic heterocycles. The van der Waals surface area contributed by atoms with E-state index in [1.807, 2.05) is 0 Å². The molecule has 0 N–H and O–H groups in total. The standard InChI is InChI=1S/C32H33FO10/c1-19(2)28(34)39-11-7-13-41-31(37)24-15-23(22-9-10-27(26(33)18-22)43-30(36)21(5)6)16-25(17-24)32(38)42-14-8-12-40-29(35)20(3)4/h9-10,15-18H,1,3,5,7-8,11-14H2,2,4,6H3. The van der Waals surface area contributed by atoms with Crippen molar-refractivity contribution in [1.82, 2.24) is 0 Å². The number of halogens is 1. The van der Waals surface area contributed by atoms with Crippen LogP contribution in [0.1, 0.15) is 54.3 Å². The lowest BCUT2D eigenvalue weighted by Gasteiger charge is -2.12. The molecular formula is C32H33FO10. The lowest BCUT2D eigenvalue weighted by Crippen LogP contribution is -2.13. The molecule has 0 spiro atoms. The van der Waals surface area contributed by atoms with Crippen molar-refractivity contribution in [2.24, 2.45) is 0 Å². The van der Waals surface area contributed by atoms with E-state index in [-0.39, 0.29) is 84.0 Å². The molecular weight excluding hydrogens is 563 g/mol. The number of carbonyl (C=O) groups excluding carboxylic acids is 5. The lowest BCUT2D eigenvalue weighted by molar-refractivity contribution is -0.140. The van der Waals surface area contributed by atoms with E-state index in [0.29, 0.717) is 0 Å². The van der Waals surface area contributed by atoms with Crippen molar-refractivity contribution >= 4 is 29.8 Å². The summed E-state index contributed by atoms with van der Waals surface area (Å²) in [5.41, 5.74) is 1.02. The molecule has 0 heterocycles. The summed E-state index contributed by atoms with van der Waals surface area (Å²) in [5.74, 6) is -4.70. The Bertz CT molecular complexity index is 1370. The number of hydrogen-bond acceptors (Lipinski definition) is 10. The molecule has 0 aliphatic carbocycles. The first-order valence-electron chi connectivity index (χ1n) is 13.1. The lowest BCUT2D eigenvalue weighted by atomic mass is 9.99. The molecule has 43 heavy (non-hydrogen) atoms. The molecule has 0 radical (unpaired) electrons. The summed E-state index contributed by atoms with van der Waals surface area (Å²) in [6, 6.07) is 7.79. The minimum absolute atomic E-state index is 0.000153. The quantitative estimate of drug-likeness (QED) is 0.0877. The van der Waals surface area contributed by atoms with E-state index in [0.717, 1.165) is 6.07 Å². The maximum atomic E-state index is 14.8. The second-order valence-electron chi connectivity index (χ2n) is 9.43. The van der Waals surface area contributed by atoms with Crippen molar-refractivity contribution in [3.05, 3.63) is 89.8 Å². The van der Waals surface area contributed by atoms with Gasteiger partial charge in [-0.25, -0.2) is 28.4 Å². The highest BCUT2D eigenvalue weighted by atomic mass is 19.1. The van der Waals surface area contributed by atoms with Crippen LogP contribution in [0.5, 0.6) is 5.75 Å². The Morgan fingerprint density at radius 3 is 1.47 bits per heavy atom. The highest BCUT2D eigenvalue weighted by Gasteiger charge is 2.18. The number of esters is 5. The van der Waals surface area contributed by atoms with Gasteiger partial charge in [0.1, 0.15) is 0 Å². The highest BCUT2D eigenvalue weighted by molar-refractivity contribution is 5.97. The molecule has 0 aromatic heterocycles. The fourth-order valence-electron chi connectivity index (χ4n) is 3.17. The summed E-state index contributed by atoms with van der Waals surface area (Å²) < 4.78 is 40.2. The van der Waals surface area contributed by atoms with E-state index >= 15 is 0 Å². The topological polar surface area (TPSA) is 132 Å². The zero-order chi connectivity index (χ0) is 32.1. The predicted octanol–water partition coefficient (Wildman–Crippen LogP) is 5.31. The highest BCUT2D eigenvalue weighted by Crippen LogP contribution is 2.28. The summed E-state index contributed by atoms with van der Waals surface area (Å²) in [4.78, 5) is 60.4. The van der Waals surface area contributed by atoms with E-state index in [9.17, 15) is 28.4 Å². The third kappa shape index (κ3) is 11.0. The van der Waals surface area contributed by atoms with Gasteiger partial charge in [0.25, 0.3) is 0 Å². The summed E-state index contributed by atoms with van der Waals surface area (Å²) in [5, 5.41) is 0. The molecule has 10 nitrogen and oxygen atoms in total. The molecule has 0 atom stereocenters. The minimum atomic E-state index is -0.863. The molecule has 0 fully saturated rings. The zero-order valence-corrected chi connectivity index (χ0v) is 24.3. The van der Waals surface area contributed by atoms with Crippen LogP contribution in [-0.4, -0.2) is 56.3 Å². The molecule has 228 valence electrons. The third-order valence-corrected chi connectivity index (χ3v) is 5.43. The van der Waals surface area contributed by atoms with Crippen LogP contribution < -0.4 is 4.74 Å². The summed E-state index contributed by atoms with van der Waals surface area (Å²) >= 11 is 0. The molecule has 0 saturated carbocycles. The van der Waals surface area contributed by atoms with Crippen LogP contribution in [-0.2, 0) is 33.3 Å². The Balaban J connectivity index is 2.23. The summed E-state index contributed by atoms with van der Waals surface area (Å²) in [7, 11) is 0. The summed E-state index contributed by atoms with van der Waals surface area (Å²) in [6.07, 6.45) is 0.426. The van der Waals surface area contributed by atoms with Gasteiger partial charge in [-0.15, -0.1) is 0 Å². The van der Waals surface area contributed by atoms with Crippen LogP contribution >= 0.6 is 0 Å². The van der Waals surface area contributed by atoms with Crippen molar-refractivity contribution in [2.45, 2.75) is 33.6 Å². The number of hydrogen-bond donors (Lipinski definition) is 0. The van der Waals surface area contributed by atoms with Crippen LogP contribution in [0, 0.1) is 5.82 Å². The van der Waals surface area contributed by atoms with Gasteiger partial charge >= 0.3 is 29.8 Å². The van der Waals surface area contributed by atoms with Crippen molar-refractivity contribution in [3.63, 3.8) is 0 Å². The van der Waals surface area contributed by atoms with Crippen LogP contribution in [0.2, 0.25) is 0 Å². The van der Waals surface area contributed by atoms with Crippen LogP contribution in [0.4, 0.5) is 4.39 Å².